The van der Waals surface area contributed by atoms with Gasteiger partial charge in [0.2, 0.25) is 0 Å². The lowest BCUT2D eigenvalue weighted by atomic mass is 10.3. The van der Waals surface area contributed by atoms with Crippen molar-refractivity contribution in [3.8, 4) is 0 Å². The predicted octanol–water partition coefficient (Wildman–Crippen LogP) is 1.90. The molecule has 4 heteroatoms. The number of nitrogens with one attached hydrogen (secondary N) is 1. The summed E-state index contributed by atoms with van der Waals surface area (Å²) in [6.45, 7) is 5.16. The van der Waals surface area contributed by atoms with Crippen molar-refractivity contribution >= 4 is 11.5 Å². The zero-order chi connectivity index (χ0) is 12.4. The summed E-state index contributed by atoms with van der Waals surface area (Å²) in [4.78, 5) is 6.91. The second-order valence-electron chi connectivity index (χ2n) is 4.55. The number of hydrogen-bond donors (Lipinski definition) is 1. The van der Waals surface area contributed by atoms with Crippen LogP contribution in [0.15, 0.2) is 24.4 Å². The van der Waals surface area contributed by atoms with Gasteiger partial charge in [0.25, 0.3) is 0 Å². The molecule has 92 valence electrons. The topological polar surface area (TPSA) is 32.6 Å². The Morgan fingerprint density at radius 1 is 1.41 bits per heavy atom. The van der Waals surface area contributed by atoms with Gasteiger partial charge in [-0.2, -0.15) is 0 Å². The number of anilines is 1. The van der Waals surface area contributed by atoms with Gasteiger partial charge in [-0.05, 0) is 33.0 Å². The van der Waals surface area contributed by atoms with Crippen LogP contribution in [0.3, 0.4) is 0 Å². The van der Waals surface area contributed by atoms with Crippen LogP contribution in [0.5, 0.6) is 0 Å². The standard InChI is InChI=1S/C13H20N4/c1-10(2)16(4)13-11(9-14-3)17-8-6-5-7-12(17)15-13/h5-8,10,14H,9H2,1-4H3. The summed E-state index contributed by atoms with van der Waals surface area (Å²) >= 11 is 0. The maximum Gasteiger partial charge on any atom is 0.152 e. The Morgan fingerprint density at radius 2 is 2.18 bits per heavy atom. The molecule has 0 saturated heterocycles. The third kappa shape index (κ3) is 2.13. The van der Waals surface area contributed by atoms with E-state index < -0.39 is 0 Å². The maximum atomic E-state index is 4.70. The van der Waals surface area contributed by atoms with E-state index in [1.165, 1.54) is 5.69 Å². The van der Waals surface area contributed by atoms with E-state index in [2.05, 4.69) is 41.7 Å². The molecular formula is C13H20N4. The lowest BCUT2D eigenvalue weighted by molar-refractivity contribution is 0.723. The molecule has 1 N–H and O–H groups in total. The maximum absolute atomic E-state index is 4.70. The molecule has 4 nitrogen and oxygen atoms in total. The van der Waals surface area contributed by atoms with Gasteiger partial charge in [-0.15, -0.1) is 0 Å². The van der Waals surface area contributed by atoms with E-state index in [1.807, 2.05) is 25.2 Å². The van der Waals surface area contributed by atoms with Crippen LogP contribution in [-0.4, -0.2) is 29.5 Å². The summed E-state index contributed by atoms with van der Waals surface area (Å²) in [5.74, 6) is 1.06. The highest BCUT2D eigenvalue weighted by atomic mass is 15.2. The molecule has 0 fully saturated rings. The highest BCUT2D eigenvalue weighted by molar-refractivity contribution is 5.55. The zero-order valence-corrected chi connectivity index (χ0v) is 10.9. The third-order valence-corrected chi connectivity index (χ3v) is 3.06. The first-order valence-corrected chi connectivity index (χ1v) is 5.98. The van der Waals surface area contributed by atoms with E-state index in [9.17, 15) is 0 Å². The van der Waals surface area contributed by atoms with E-state index in [0.717, 1.165) is 18.0 Å². The summed E-state index contributed by atoms with van der Waals surface area (Å²) in [5, 5.41) is 3.21. The summed E-state index contributed by atoms with van der Waals surface area (Å²) in [5.41, 5.74) is 2.21. The lowest BCUT2D eigenvalue weighted by Crippen LogP contribution is -2.27. The molecule has 0 amide bonds. The van der Waals surface area contributed by atoms with E-state index in [0.29, 0.717) is 6.04 Å². The number of rotatable bonds is 4. The summed E-state index contributed by atoms with van der Waals surface area (Å²) < 4.78 is 2.14. The van der Waals surface area contributed by atoms with Crippen LogP contribution in [0.4, 0.5) is 5.82 Å². The fourth-order valence-corrected chi connectivity index (χ4v) is 1.89. The van der Waals surface area contributed by atoms with Crippen molar-refractivity contribution in [2.75, 3.05) is 19.0 Å². The Hall–Kier alpha value is -1.55. The molecule has 0 aliphatic rings. The first-order chi connectivity index (χ1) is 8.15. The number of nitrogens with zero attached hydrogens (tertiary/aromatic N) is 3. The Bertz CT molecular complexity index is 501. The summed E-state index contributed by atoms with van der Waals surface area (Å²) in [6.07, 6.45) is 2.06. The van der Waals surface area contributed by atoms with Gasteiger partial charge in [0.15, 0.2) is 5.82 Å². The van der Waals surface area contributed by atoms with Gasteiger partial charge >= 0.3 is 0 Å². The Morgan fingerprint density at radius 3 is 2.82 bits per heavy atom. The van der Waals surface area contributed by atoms with Crippen molar-refractivity contribution in [2.24, 2.45) is 0 Å². The molecule has 0 radical (unpaired) electrons. The molecule has 2 rings (SSSR count). The zero-order valence-electron chi connectivity index (χ0n) is 10.9. The highest BCUT2D eigenvalue weighted by Gasteiger charge is 2.16. The van der Waals surface area contributed by atoms with Gasteiger partial charge in [-0.25, -0.2) is 4.98 Å². The van der Waals surface area contributed by atoms with Crippen LogP contribution in [0.25, 0.3) is 5.65 Å². The van der Waals surface area contributed by atoms with Crippen molar-refractivity contribution in [1.29, 1.82) is 0 Å². The van der Waals surface area contributed by atoms with E-state index in [1.54, 1.807) is 0 Å². The van der Waals surface area contributed by atoms with E-state index >= 15 is 0 Å². The molecule has 0 spiro atoms. The molecule has 0 aromatic carbocycles. The third-order valence-electron chi connectivity index (χ3n) is 3.06. The molecule has 0 saturated carbocycles. The fraction of sp³-hybridized carbons (Fsp3) is 0.462. The minimum absolute atomic E-state index is 0.440. The average Bonchev–Trinajstić information content (AvgIpc) is 2.68. The molecule has 17 heavy (non-hydrogen) atoms. The second-order valence-corrected chi connectivity index (χ2v) is 4.55. The van der Waals surface area contributed by atoms with Crippen molar-refractivity contribution < 1.29 is 0 Å². The van der Waals surface area contributed by atoms with Crippen LogP contribution in [0, 0.1) is 0 Å². The molecule has 0 aliphatic heterocycles. The first kappa shape index (κ1) is 11.9. The summed E-state index contributed by atoms with van der Waals surface area (Å²) in [6, 6.07) is 6.53. The Balaban J connectivity index is 2.57. The van der Waals surface area contributed by atoms with Gasteiger partial charge in [0, 0.05) is 25.8 Å². The van der Waals surface area contributed by atoms with Crippen molar-refractivity contribution in [3.63, 3.8) is 0 Å². The minimum Gasteiger partial charge on any atom is -0.356 e. The fourth-order valence-electron chi connectivity index (χ4n) is 1.89. The van der Waals surface area contributed by atoms with Crippen LogP contribution in [0.2, 0.25) is 0 Å². The van der Waals surface area contributed by atoms with Crippen LogP contribution in [-0.2, 0) is 6.54 Å². The number of aromatic nitrogens is 2. The highest BCUT2D eigenvalue weighted by Crippen LogP contribution is 2.22. The molecular weight excluding hydrogens is 212 g/mol. The molecule has 0 bridgehead atoms. The molecule has 2 aromatic heterocycles. The van der Waals surface area contributed by atoms with Crippen LogP contribution in [0.1, 0.15) is 19.5 Å². The van der Waals surface area contributed by atoms with Gasteiger partial charge < -0.3 is 14.6 Å². The van der Waals surface area contributed by atoms with Crippen molar-refractivity contribution in [3.05, 3.63) is 30.1 Å². The molecule has 2 heterocycles. The Kier molecular flexibility index (Phi) is 3.33. The van der Waals surface area contributed by atoms with Crippen LogP contribution >= 0.6 is 0 Å². The van der Waals surface area contributed by atoms with E-state index in [4.69, 9.17) is 4.98 Å². The predicted molar refractivity (Wildman–Crippen MR) is 71.5 cm³/mol. The molecule has 0 unspecified atom stereocenters. The number of imidazole rings is 1. The smallest absolute Gasteiger partial charge is 0.152 e. The minimum atomic E-state index is 0.440. The van der Waals surface area contributed by atoms with Gasteiger partial charge in [0.1, 0.15) is 5.65 Å². The van der Waals surface area contributed by atoms with E-state index in [-0.39, 0.29) is 0 Å². The number of pyridine rings is 1. The quantitative estimate of drug-likeness (QED) is 0.874. The number of fused-ring (bicyclic) bond motifs is 1. The lowest BCUT2D eigenvalue weighted by Gasteiger charge is -2.22. The molecule has 0 aliphatic carbocycles. The molecule has 2 aromatic rings. The van der Waals surface area contributed by atoms with Crippen molar-refractivity contribution in [2.45, 2.75) is 26.4 Å². The number of hydrogen-bond acceptors (Lipinski definition) is 3. The summed E-state index contributed by atoms with van der Waals surface area (Å²) in [7, 11) is 4.05. The molecule has 0 atom stereocenters. The first-order valence-electron chi connectivity index (χ1n) is 5.98. The second kappa shape index (κ2) is 4.75. The van der Waals surface area contributed by atoms with Crippen LogP contribution < -0.4 is 10.2 Å². The SMILES string of the molecule is CNCc1c(N(C)C(C)C)nc2ccccn12. The largest absolute Gasteiger partial charge is 0.356 e. The Labute approximate surface area is 102 Å². The van der Waals surface area contributed by atoms with Crippen molar-refractivity contribution in [1.82, 2.24) is 14.7 Å². The normalized spacial score (nSPS) is 11.4. The average molecular weight is 232 g/mol. The van der Waals surface area contributed by atoms with Gasteiger partial charge in [-0.1, -0.05) is 6.07 Å². The van der Waals surface area contributed by atoms with Gasteiger partial charge in [-0.3, -0.25) is 0 Å². The van der Waals surface area contributed by atoms with Gasteiger partial charge in [0.05, 0.1) is 5.69 Å². The monoisotopic (exact) mass is 232 g/mol.